The summed E-state index contributed by atoms with van der Waals surface area (Å²) >= 11 is 0. The molecule has 1 fully saturated rings. The number of hydrogen-bond donors (Lipinski definition) is 0. The zero-order valence-electron chi connectivity index (χ0n) is 15.9. The summed E-state index contributed by atoms with van der Waals surface area (Å²) in [6.45, 7) is 5.14. The Bertz CT molecular complexity index is 900. The second-order valence-corrected chi connectivity index (χ2v) is 7.10. The third kappa shape index (κ3) is 4.36. The van der Waals surface area contributed by atoms with Crippen molar-refractivity contribution in [2.24, 2.45) is 5.92 Å². The van der Waals surface area contributed by atoms with Gasteiger partial charge in [0.1, 0.15) is 11.4 Å². The van der Waals surface area contributed by atoms with E-state index >= 15 is 0 Å². The van der Waals surface area contributed by atoms with E-state index in [-0.39, 0.29) is 22.8 Å². The Morgan fingerprint density at radius 3 is 2.25 bits per heavy atom. The van der Waals surface area contributed by atoms with Gasteiger partial charge in [0.25, 0.3) is 5.69 Å². The third-order valence-electron chi connectivity index (χ3n) is 5.00. The number of carbonyl (C=O) groups is 2. The first-order valence-corrected chi connectivity index (χ1v) is 9.21. The highest BCUT2D eigenvalue weighted by Crippen LogP contribution is 2.32. The molecule has 0 aliphatic carbocycles. The number of Topliss-reactive ketones (excluding diaryl/α,β-unsaturated/α-hetero) is 1. The van der Waals surface area contributed by atoms with Crippen molar-refractivity contribution in [3.63, 3.8) is 0 Å². The van der Waals surface area contributed by atoms with Gasteiger partial charge in [-0.1, -0.05) is 6.92 Å². The predicted octanol–water partition coefficient (Wildman–Crippen LogP) is 4.25. The van der Waals surface area contributed by atoms with Gasteiger partial charge >= 0.3 is 5.97 Å². The van der Waals surface area contributed by atoms with Crippen molar-refractivity contribution in [1.29, 1.82) is 0 Å². The standard InChI is InChI=1S/C21H22N2O5/c1-14-9-11-22(12-10-14)19-8-5-17(13-20(19)23(26)27)21(25)28-18-6-3-16(4-7-18)15(2)24/h3-8,13-14H,9-12H2,1-2H3. The van der Waals surface area contributed by atoms with Gasteiger partial charge in [0.2, 0.25) is 0 Å². The van der Waals surface area contributed by atoms with Gasteiger partial charge in [-0.3, -0.25) is 14.9 Å². The number of esters is 1. The molecule has 7 heteroatoms. The highest BCUT2D eigenvalue weighted by Gasteiger charge is 2.25. The molecule has 0 spiro atoms. The van der Waals surface area contributed by atoms with E-state index in [4.69, 9.17) is 4.74 Å². The number of benzene rings is 2. The number of nitrogens with zero attached hydrogens (tertiary/aromatic N) is 2. The lowest BCUT2D eigenvalue weighted by Gasteiger charge is -2.31. The number of anilines is 1. The summed E-state index contributed by atoms with van der Waals surface area (Å²) in [6, 6.07) is 10.6. The minimum absolute atomic E-state index is 0.0869. The maximum atomic E-state index is 12.4. The first-order valence-electron chi connectivity index (χ1n) is 9.21. The molecular weight excluding hydrogens is 360 g/mol. The van der Waals surface area contributed by atoms with Crippen LogP contribution in [0.1, 0.15) is 47.4 Å². The van der Waals surface area contributed by atoms with Crippen molar-refractivity contribution >= 4 is 23.1 Å². The summed E-state index contributed by atoms with van der Waals surface area (Å²) < 4.78 is 5.28. The Balaban J connectivity index is 1.80. The number of ether oxygens (including phenoxy) is 1. The fraction of sp³-hybridized carbons (Fsp3) is 0.333. The van der Waals surface area contributed by atoms with E-state index in [9.17, 15) is 19.7 Å². The number of hydrogen-bond acceptors (Lipinski definition) is 6. The van der Waals surface area contributed by atoms with E-state index in [0.29, 0.717) is 17.2 Å². The van der Waals surface area contributed by atoms with Crippen molar-refractivity contribution in [2.45, 2.75) is 26.7 Å². The fourth-order valence-electron chi connectivity index (χ4n) is 3.24. The molecule has 0 aromatic heterocycles. The number of nitro benzene ring substituents is 1. The van der Waals surface area contributed by atoms with E-state index in [0.717, 1.165) is 25.9 Å². The number of carbonyl (C=O) groups excluding carboxylic acids is 2. The molecule has 1 saturated heterocycles. The quantitative estimate of drug-likeness (QED) is 0.252. The first-order chi connectivity index (χ1) is 13.3. The molecule has 0 saturated carbocycles. The van der Waals surface area contributed by atoms with Crippen LogP contribution in [0.2, 0.25) is 0 Å². The van der Waals surface area contributed by atoms with Crippen molar-refractivity contribution in [1.82, 2.24) is 0 Å². The molecule has 0 bridgehead atoms. The van der Waals surface area contributed by atoms with E-state index in [1.165, 1.54) is 25.1 Å². The molecule has 0 unspecified atom stereocenters. The summed E-state index contributed by atoms with van der Waals surface area (Å²) in [6.07, 6.45) is 1.97. The molecule has 1 aliphatic heterocycles. The zero-order chi connectivity index (χ0) is 20.3. The second-order valence-electron chi connectivity index (χ2n) is 7.10. The van der Waals surface area contributed by atoms with Crippen LogP contribution in [0.25, 0.3) is 0 Å². The highest BCUT2D eigenvalue weighted by molar-refractivity contribution is 5.95. The van der Waals surface area contributed by atoms with E-state index < -0.39 is 10.9 Å². The summed E-state index contributed by atoms with van der Waals surface area (Å²) in [5.74, 6) is 0.111. The molecular formula is C21H22N2O5. The Labute approximate surface area is 163 Å². The van der Waals surface area contributed by atoms with Gasteiger partial charge in [-0.25, -0.2) is 4.79 Å². The molecule has 2 aromatic rings. The number of rotatable bonds is 5. The van der Waals surface area contributed by atoms with Crippen molar-refractivity contribution in [3.8, 4) is 5.75 Å². The predicted molar refractivity (Wildman–Crippen MR) is 105 cm³/mol. The maximum Gasteiger partial charge on any atom is 0.343 e. The third-order valence-corrected chi connectivity index (χ3v) is 5.00. The molecule has 0 atom stereocenters. The van der Waals surface area contributed by atoms with Gasteiger partial charge < -0.3 is 9.64 Å². The van der Waals surface area contributed by atoms with Gasteiger partial charge in [-0.2, -0.15) is 0 Å². The Morgan fingerprint density at radius 2 is 1.68 bits per heavy atom. The van der Waals surface area contributed by atoms with Crippen LogP contribution >= 0.6 is 0 Å². The van der Waals surface area contributed by atoms with Crippen LogP contribution in [0, 0.1) is 16.0 Å². The topological polar surface area (TPSA) is 89.8 Å². The lowest BCUT2D eigenvalue weighted by atomic mass is 9.98. The van der Waals surface area contributed by atoms with E-state index in [1.54, 1.807) is 24.3 Å². The minimum atomic E-state index is -0.683. The smallest absolute Gasteiger partial charge is 0.343 e. The first kappa shape index (κ1) is 19.5. The van der Waals surface area contributed by atoms with Crippen LogP contribution in [-0.4, -0.2) is 29.8 Å². The molecule has 28 heavy (non-hydrogen) atoms. The largest absolute Gasteiger partial charge is 0.423 e. The molecule has 7 nitrogen and oxygen atoms in total. The highest BCUT2D eigenvalue weighted by atomic mass is 16.6. The van der Waals surface area contributed by atoms with Gasteiger partial charge in [-0.15, -0.1) is 0 Å². The number of nitro groups is 1. The average Bonchev–Trinajstić information content (AvgIpc) is 2.68. The molecule has 1 aliphatic rings. The zero-order valence-corrected chi connectivity index (χ0v) is 15.9. The molecule has 146 valence electrons. The van der Waals surface area contributed by atoms with Crippen LogP contribution in [-0.2, 0) is 0 Å². The average molecular weight is 382 g/mol. The van der Waals surface area contributed by atoms with E-state index in [2.05, 4.69) is 6.92 Å². The Kier molecular flexibility index (Phi) is 5.73. The lowest BCUT2D eigenvalue weighted by molar-refractivity contribution is -0.384. The summed E-state index contributed by atoms with van der Waals surface area (Å²) in [5, 5.41) is 11.6. The minimum Gasteiger partial charge on any atom is -0.423 e. The summed E-state index contributed by atoms with van der Waals surface area (Å²) in [5.41, 5.74) is 1.04. The van der Waals surface area contributed by atoms with Crippen molar-refractivity contribution in [3.05, 3.63) is 63.7 Å². The van der Waals surface area contributed by atoms with Crippen LogP contribution in [0.15, 0.2) is 42.5 Å². The normalized spacial score (nSPS) is 14.6. The molecule has 0 radical (unpaired) electrons. The van der Waals surface area contributed by atoms with E-state index in [1.807, 2.05) is 4.90 Å². The fourth-order valence-corrected chi connectivity index (χ4v) is 3.24. The van der Waals surface area contributed by atoms with Gasteiger partial charge in [0.15, 0.2) is 5.78 Å². The monoisotopic (exact) mass is 382 g/mol. The second kappa shape index (κ2) is 8.21. The van der Waals surface area contributed by atoms with Crippen LogP contribution < -0.4 is 9.64 Å². The van der Waals surface area contributed by atoms with Crippen molar-refractivity contribution < 1.29 is 19.2 Å². The van der Waals surface area contributed by atoms with Crippen molar-refractivity contribution in [2.75, 3.05) is 18.0 Å². The SMILES string of the molecule is CC(=O)c1ccc(OC(=O)c2ccc(N3CCC(C)CC3)c([N+](=O)[O-])c2)cc1. The Morgan fingerprint density at radius 1 is 1.07 bits per heavy atom. The number of ketones is 1. The van der Waals surface area contributed by atoms with Crippen LogP contribution in [0.4, 0.5) is 11.4 Å². The summed E-state index contributed by atoms with van der Waals surface area (Å²) in [7, 11) is 0. The molecule has 0 N–H and O–H groups in total. The molecule has 2 aromatic carbocycles. The Hall–Kier alpha value is -3.22. The van der Waals surface area contributed by atoms with Gasteiger partial charge in [-0.05, 0) is 62.1 Å². The van der Waals surface area contributed by atoms with Crippen LogP contribution in [0.5, 0.6) is 5.75 Å². The van der Waals surface area contributed by atoms with Gasteiger partial charge in [0.05, 0.1) is 10.5 Å². The summed E-state index contributed by atoms with van der Waals surface area (Å²) in [4.78, 5) is 36.8. The number of piperidine rings is 1. The van der Waals surface area contributed by atoms with Crippen LogP contribution in [0.3, 0.4) is 0 Å². The van der Waals surface area contributed by atoms with Gasteiger partial charge in [0, 0.05) is 24.7 Å². The molecule has 3 rings (SSSR count). The molecule has 0 amide bonds. The molecule has 1 heterocycles. The maximum absolute atomic E-state index is 12.4. The lowest BCUT2D eigenvalue weighted by Crippen LogP contribution is -2.33.